The van der Waals surface area contributed by atoms with Gasteiger partial charge in [-0.1, -0.05) is 6.07 Å². The molecule has 0 atom stereocenters. The lowest BCUT2D eigenvalue weighted by Gasteiger charge is -2.29. The SMILES string of the molecule is CS(=O)(=O)Nc1ccc2c(c1)CN(C(=O)C1CC1)CC2. The van der Waals surface area contributed by atoms with E-state index in [1.807, 2.05) is 17.0 Å². The number of benzene rings is 1. The Kier molecular flexibility index (Phi) is 3.20. The fourth-order valence-electron chi connectivity index (χ4n) is 2.61. The zero-order valence-corrected chi connectivity index (χ0v) is 12.2. The van der Waals surface area contributed by atoms with E-state index in [0.717, 1.165) is 37.6 Å². The van der Waals surface area contributed by atoms with E-state index in [0.29, 0.717) is 12.2 Å². The normalized spacial score (nSPS) is 18.6. The Hall–Kier alpha value is -1.56. The van der Waals surface area contributed by atoms with Crippen LogP contribution in [0.3, 0.4) is 0 Å². The van der Waals surface area contributed by atoms with Gasteiger partial charge in [0.05, 0.1) is 6.26 Å². The quantitative estimate of drug-likeness (QED) is 0.915. The smallest absolute Gasteiger partial charge is 0.229 e. The van der Waals surface area contributed by atoms with Crippen LogP contribution in [0.2, 0.25) is 0 Å². The van der Waals surface area contributed by atoms with Gasteiger partial charge in [-0.05, 0) is 42.5 Å². The van der Waals surface area contributed by atoms with Crippen LogP contribution in [0.25, 0.3) is 0 Å². The summed E-state index contributed by atoms with van der Waals surface area (Å²) in [6.07, 6.45) is 4.00. The molecule has 1 fully saturated rings. The second-order valence-corrected chi connectivity index (χ2v) is 7.39. The molecule has 5 nitrogen and oxygen atoms in total. The van der Waals surface area contributed by atoms with E-state index in [1.54, 1.807) is 6.07 Å². The van der Waals surface area contributed by atoms with Gasteiger partial charge in [0.25, 0.3) is 0 Å². The van der Waals surface area contributed by atoms with Gasteiger partial charge in [-0.15, -0.1) is 0 Å². The van der Waals surface area contributed by atoms with Crippen LogP contribution < -0.4 is 4.72 Å². The lowest BCUT2D eigenvalue weighted by atomic mass is 9.99. The molecule has 1 aliphatic carbocycles. The molecule has 0 aromatic heterocycles. The topological polar surface area (TPSA) is 66.5 Å². The van der Waals surface area contributed by atoms with Crippen molar-refractivity contribution >= 4 is 21.6 Å². The molecule has 1 saturated carbocycles. The molecule has 108 valence electrons. The Morgan fingerprint density at radius 2 is 2.05 bits per heavy atom. The van der Waals surface area contributed by atoms with Crippen molar-refractivity contribution in [2.45, 2.75) is 25.8 Å². The highest BCUT2D eigenvalue weighted by molar-refractivity contribution is 7.92. The van der Waals surface area contributed by atoms with Crippen LogP contribution in [0.15, 0.2) is 18.2 Å². The third-order valence-corrected chi connectivity index (χ3v) is 4.37. The number of nitrogens with one attached hydrogen (secondary N) is 1. The van der Waals surface area contributed by atoms with Crippen LogP contribution in [0, 0.1) is 5.92 Å². The predicted octanol–water partition coefficient (Wildman–Crippen LogP) is 1.35. The van der Waals surface area contributed by atoms with Gasteiger partial charge in [-0.25, -0.2) is 8.42 Å². The van der Waals surface area contributed by atoms with Crippen LogP contribution in [0.4, 0.5) is 5.69 Å². The molecule has 1 aromatic carbocycles. The maximum absolute atomic E-state index is 12.1. The van der Waals surface area contributed by atoms with Crippen LogP contribution in [-0.4, -0.2) is 32.0 Å². The summed E-state index contributed by atoms with van der Waals surface area (Å²) in [5.74, 6) is 0.478. The Morgan fingerprint density at radius 3 is 2.70 bits per heavy atom. The van der Waals surface area contributed by atoms with Crippen molar-refractivity contribution in [2.75, 3.05) is 17.5 Å². The van der Waals surface area contributed by atoms with Gasteiger partial charge in [-0.3, -0.25) is 9.52 Å². The molecule has 1 aliphatic heterocycles. The van der Waals surface area contributed by atoms with Crippen molar-refractivity contribution in [1.29, 1.82) is 0 Å². The number of sulfonamides is 1. The van der Waals surface area contributed by atoms with Gasteiger partial charge in [0.1, 0.15) is 0 Å². The molecule has 1 N–H and O–H groups in total. The maximum atomic E-state index is 12.1. The first-order chi connectivity index (χ1) is 9.42. The fraction of sp³-hybridized carbons (Fsp3) is 0.500. The highest BCUT2D eigenvalue weighted by Crippen LogP contribution is 2.33. The van der Waals surface area contributed by atoms with E-state index in [-0.39, 0.29) is 11.8 Å². The fourth-order valence-corrected chi connectivity index (χ4v) is 3.17. The second kappa shape index (κ2) is 4.77. The molecule has 20 heavy (non-hydrogen) atoms. The molecular formula is C14H18N2O3S. The highest BCUT2D eigenvalue weighted by Gasteiger charge is 2.34. The van der Waals surface area contributed by atoms with Gasteiger partial charge in [-0.2, -0.15) is 0 Å². The molecule has 0 unspecified atom stereocenters. The highest BCUT2D eigenvalue weighted by atomic mass is 32.2. The predicted molar refractivity (Wildman–Crippen MR) is 76.8 cm³/mol. The molecule has 1 heterocycles. The molecule has 0 bridgehead atoms. The van der Waals surface area contributed by atoms with E-state index in [4.69, 9.17) is 0 Å². The van der Waals surface area contributed by atoms with Crippen molar-refractivity contribution in [2.24, 2.45) is 5.92 Å². The molecule has 3 rings (SSSR count). The lowest BCUT2D eigenvalue weighted by molar-refractivity contribution is -0.133. The number of carbonyl (C=O) groups is 1. The summed E-state index contributed by atoms with van der Waals surface area (Å²) in [5, 5.41) is 0. The number of hydrogen-bond acceptors (Lipinski definition) is 3. The summed E-state index contributed by atoms with van der Waals surface area (Å²) < 4.78 is 25.0. The van der Waals surface area contributed by atoms with Crippen LogP contribution >= 0.6 is 0 Å². The number of hydrogen-bond donors (Lipinski definition) is 1. The zero-order chi connectivity index (χ0) is 14.3. The first-order valence-electron chi connectivity index (χ1n) is 6.81. The molecular weight excluding hydrogens is 276 g/mol. The Labute approximate surface area is 119 Å². The molecule has 2 aliphatic rings. The van der Waals surface area contributed by atoms with Crippen molar-refractivity contribution in [1.82, 2.24) is 4.90 Å². The summed E-state index contributed by atoms with van der Waals surface area (Å²) in [6.45, 7) is 1.35. The summed E-state index contributed by atoms with van der Waals surface area (Å²) in [4.78, 5) is 14.0. The third kappa shape index (κ3) is 2.95. The number of carbonyl (C=O) groups excluding carboxylic acids is 1. The van der Waals surface area contributed by atoms with Crippen LogP contribution in [-0.2, 0) is 27.8 Å². The zero-order valence-electron chi connectivity index (χ0n) is 11.4. The molecule has 1 amide bonds. The minimum absolute atomic E-state index is 0.230. The van der Waals surface area contributed by atoms with Gasteiger partial charge in [0, 0.05) is 24.7 Å². The summed E-state index contributed by atoms with van der Waals surface area (Å²) >= 11 is 0. The van der Waals surface area contributed by atoms with Gasteiger partial charge < -0.3 is 4.90 Å². The standard InChI is InChI=1S/C14H18N2O3S/c1-20(18,19)15-13-5-4-10-6-7-16(9-12(10)8-13)14(17)11-2-3-11/h4-5,8,11,15H,2-3,6-7,9H2,1H3. The second-order valence-electron chi connectivity index (χ2n) is 5.64. The number of fused-ring (bicyclic) bond motifs is 1. The lowest BCUT2D eigenvalue weighted by Crippen LogP contribution is -2.36. The largest absolute Gasteiger partial charge is 0.338 e. The van der Waals surface area contributed by atoms with Crippen molar-refractivity contribution in [3.8, 4) is 0 Å². The minimum atomic E-state index is -3.27. The third-order valence-electron chi connectivity index (χ3n) is 3.76. The van der Waals surface area contributed by atoms with Crippen molar-refractivity contribution in [3.05, 3.63) is 29.3 Å². The average molecular weight is 294 g/mol. The summed E-state index contributed by atoms with van der Waals surface area (Å²) in [6, 6.07) is 5.56. The Morgan fingerprint density at radius 1 is 1.30 bits per heavy atom. The van der Waals surface area contributed by atoms with Gasteiger partial charge in [0.15, 0.2) is 0 Å². The molecule has 6 heteroatoms. The average Bonchev–Trinajstić information content (AvgIpc) is 3.19. The Bertz CT molecular complexity index is 650. The van der Waals surface area contributed by atoms with Gasteiger partial charge >= 0.3 is 0 Å². The summed E-state index contributed by atoms with van der Waals surface area (Å²) in [7, 11) is -3.27. The van der Waals surface area contributed by atoms with E-state index < -0.39 is 10.0 Å². The van der Waals surface area contributed by atoms with E-state index in [1.165, 1.54) is 5.56 Å². The Balaban J connectivity index is 1.80. The maximum Gasteiger partial charge on any atom is 0.229 e. The number of anilines is 1. The first-order valence-corrected chi connectivity index (χ1v) is 8.70. The van der Waals surface area contributed by atoms with E-state index in [2.05, 4.69) is 4.72 Å². The summed E-state index contributed by atoms with van der Waals surface area (Å²) in [5.41, 5.74) is 2.80. The van der Waals surface area contributed by atoms with E-state index >= 15 is 0 Å². The number of rotatable bonds is 3. The van der Waals surface area contributed by atoms with Gasteiger partial charge in [0.2, 0.25) is 15.9 Å². The van der Waals surface area contributed by atoms with E-state index in [9.17, 15) is 13.2 Å². The minimum Gasteiger partial charge on any atom is -0.338 e. The van der Waals surface area contributed by atoms with Crippen LogP contribution in [0.5, 0.6) is 0 Å². The monoisotopic (exact) mass is 294 g/mol. The molecule has 0 radical (unpaired) electrons. The first kappa shape index (κ1) is 13.4. The number of nitrogens with zero attached hydrogens (tertiary/aromatic N) is 1. The molecule has 0 saturated heterocycles. The molecule has 1 aromatic rings. The van der Waals surface area contributed by atoms with Crippen molar-refractivity contribution in [3.63, 3.8) is 0 Å². The number of amides is 1. The van der Waals surface area contributed by atoms with Crippen molar-refractivity contribution < 1.29 is 13.2 Å². The van der Waals surface area contributed by atoms with Crippen LogP contribution in [0.1, 0.15) is 24.0 Å². The molecule has 0 spiro atoms.